The smallest absolute Gasteiger partial charge is 0.327 e. The molecule has 138 valence electrons. The van der Waals surface area contributed by atoms with Crippen LogP contribution in [0.2, 0.25) is 0 Å². The molecule has 2 heterocycles. The third-order valence-electron chi connectivity index (χ3n) is 4.84. The van der Waals surface area contributed by atoms with Crippen molar-refractivity contribution in [3.63, 3.8) is 0 Å². The number of halogens is 1. The molecule has 1 aliphatic carbocycles. The lowest BCUT2D eigenvalue weighted by molar-refractivity contribution is -0.164. The van der Waals surface area contributed by atoms with Gasteiger partial charge in [-0.2, -0.15) is 0 Å². The van der Waals surface area contributed by atoms with Crippen LogP contribution in [0.5, 0.6) is 0 Å². The van der Waals surface area contributed by atoms with Gasteiger partial charge in [-0.3, -0.25) is 9.59 Å². The number of amidine groups is 1. The van der Waals surface area contributed by atoms with E-state index in [0.717, 1.165) is 15.7 Å². The zero-order valence-corrected chi connectivity index (χ0v) is 16.1. The highest BCUT2D eigenvalue weighted by Crippen LogP contribution is 2.41. The molecule has 0 saturated carbocycles. The first-order chi connectivity index (χ1) is 13.0. The zero-order chi connectivity index (χ0) is 19.2. The number of carbonyl (C=O) groups is 2. The van der Waals surface area contributed by atoms with E-state index in [1.54, 1.807) is 19.3 Å². The Morgan fingerprint density at radius 2 is 2.22 bits per heavy atom. The van der Waals surface area contributed by atoms with Crippen LogP contribution < -0.4 is 0 Å². The zero-order valence-electron chi connectivity index (χ0n) is 14.5. The summed E-state index contributed by atoms with van der Waals surface area (Å²) in [5.41, 5.74) is 1.31. The number of esters is 1. The van der Waals surface area contributed by atoms with E-state index in [2.05, 4.69) is 20.9 Å². The molecule has 0 amide bonds. The number of carbonyl (C=O) groups excluding carboxylic acids is 1. The van der Waals surface area contributed by atoms with Crippen LogP contribution in [0.1, 0.15) is 18.9 Å². The molecule has 0 spiro atoms. The highest BCUT2D eigenvalue weighted by molar-refractivity contribution is 9.10. The molecule has 0 saturated heterocycles. The molecule has 0 fully saturated rings. The van der Waals surface area contributed by atoms with E-state index in [1.807, 2.05) is 23.1 Å². The van der Waals surface area contributed by atoms with E-state index in [9.17, 15) is 14.7 Å². The average molecular weight is 430 g/mol. The molecule has 1 N–H and O–H groups in total. The summed E-state index contributed by atoms with van der Waals surface area (Å²) in [6, 6.07) is 5.76. The molecular weight excluding hydrogens is 414 g/mol. The molecule has 0 bridgehead atoms. The van der Waals surface area contributed by atoms with Crippen molar-refractivity contribution >= 4 is 45.7 Å². The van der Waals surface area contributed by atoms with E-state index >= 15 is 0 Å². The largest absolute Gasteiger partial charge is 0.480 e. The Morgan fingerprint density at radius 3 is 2.96 bits per heavy atom. The van der Waals surface area contributed by atoms with Crippen molar-refractivity contribution in [2.75, 3.05) is 6.61 Å². The second-order valence-corrected chi connectivity index (χ2v) is 7.27. The van der Waals surface area contributed by atoms with Crippen molar-refractivity contribution in [2.45, 2.75) is 19.9 Å². The quantitative estimate of drug-likeness (QED) is 0.588. The molecular formula is C19H16BrN3O4. The van der Waals surface area contributed by atoms with E-state index in [0.29, 0.717) is 23.7 Å². The summed E-state index contributed by atoms with van der Waals surface area (Å²) >= 11 is 3.54. The minimum absolute atomic E-state index is 0.0526. The first-order valence-electron chi connectivity index (χ1n) is 8.46. The van der Waals surface area contributed by atoms with Crippen LogP contribution in [0.15, 0.2) is 56.1 Å². The molecule has 2 aliphatic heterocycles. The van der Waals surface area contributed by atoms with Crippen molar-refractivity contribution < 1.29 is 19.4 Å². The number of rotatable bonds is 3. The number of ether oxygens (including phenoxy) is 1. The predicted molar refractivity (Wildman–Crippen MR) is 103 cm³/mol. The van der Waals surface area contributed by atoms with Crippen LogP contribution in [0.25, 0.3) is 0 Å². The Balaban J connectivity index is 1.80. The summed E-state index contributed by atoms with van der Waals surface area (Å²) in [6.07, 6.45) is 4.56. The lowest BCUT2D eigenvalue weighted by atomic mass is 9.76. The lowest BCUT2D eigenvalue weighted by Gasteiger charge is -2.36. The molecule has 3 aliphatic rings. The van der Waals surface area contributed by atoms with Gasteiger partial charge in [-0.05, 0) is 25.1 Å². The number of hydrogen-bond acceptors (Lipinski definition) is 6. The number of carboxylic acid groups (broad SMARTS) is 1. The minimum atomic E-state index is -1.77. The summed E-state index contributed by atoms with van der Waals surface area (Å²) in [7, 11) is 0. The highest BCUT2D eigenvalue weighted by Gasteiger charge is 2.49. The fourth-order valence-corrected chi connectivity index (χ4v) is 3.88. The van der Waals surface area contributed by atoms with Gasteiger partial charge in [0.15, 0.2) is 5.41 Å². The van der Waals surface area contributed by atoms with Crippen molar-refractivity contribution in [1.82, 2.24) is 4.90 Å². The van der Waals surface area contributed by atoms with Gasteiger partial charge in [-0.1, -0.05) is 28.1 Å². The number of nitrogens with zero attached hydrogens (tertiary/aromatic N) is 3. The van der Waals surface area contributed by atoms with Gasteiger partial charge in [0.25, 0.3) is 0 Å². The van der Waals surface area contributed by atoms with Crippen LogP contribution in [-0.2, 0) is 20.9 Å². The van der Waals surface area contributed by atoms with Crippen molar-refractivity contribution in [2.24, 2.45) is 15.4 Å². The molecule has 1 aromatic carbocycles. The summed E-state index contributed by atoms with van der Waals surface area (Å²) in [6.45, 7) is 2.32. The average Bonchev–Trinajstić information content (AvgIpc) is 2.66. The number of hydrogen-bond donors (Lipinski definition) is 1. The predicted octanol–water partition coefficient (Wildman–Crippen LogP) is 3.18. The van der Waals surface area contributed by atoms with Crippen molar-refractivity contribution in [1.29, 1.82) is 0 Å². The molecule has 27 heavy (non-hydrogen) atoms. The number of aliphatic imine (C=N–C) groups is 2. The molecule has 4 rings (SSSR count). The maximum Gasteiger partial charge on any atom is 0.327 e. The van der Waals surface area contributed by atoms with Crippen LogP contribution >= 0.6 is 15.9 Å². The lowest BCUT2D eigenvalue weighted by Crippen LogP contribution is -2.44. The monoisotopic (exact) mass is 429 g/mol. The highest BCUT2D eigenvalue weighted by atomic mass is 79.9. The Morgan fingerprint density at radius 1 is 1.41 bits per heavy atom. The van der Waals surface area contributed by atoms with Crippen LogP contribution in [0.4, 0.5) is 5.69 Å². The SMILES string of the molecule is CCOC(=O)C1(C(=O)O)C=CC2=C(C1)C1=Nc3cccc(Br)c3CN1C=N2. The van der Waals surface area contributed by atoms with Gasteiger partial charge in [0.05, 0.1) is 30.9 Å². The van der Waals surface area contributed by atoms with Gasteiger partial charge in [-0.25, -0.2) is 9.98 Å². The summed E-state index contributed by atoms with van der Waals surface area (Å²) in [5.74, 6) is -1.41. The molecule has 1 aromatic rings. The topological polar surface area (TPSA) is 91.6 Å². The van der Waals surface area contributed by atoms with E-state index < -0.39 is 17.4 Å². The van der Waals surface area contributed by atoms with Gasteiger partial charge in [0, 0.05) is 22.0 Å². The normalized spacial score (nSPS) is 22.6. The Bertz CT molecular complexity index is 979. The second kappa shape index (κ2) is 6.45. The number of carboxylic acids is 1. The van der Waals surface area contributed by atoms with Crippen LogP contribution in [-0.4, -0.2) is 40.7 Å². The fraction of sp³-hybridized carbons (Fsp3) is 0.263. The van der Waals surface area contributed by atoms with Gasteiger partial charge in [0.1, 0.15) is 5.84 Å². The molecule has 7 nitrogen and oxygen atoms in total. The second-order valence-electron chi connectivity index (χ2n) is 6.42. The van der Waals surface area contributed by atoms with Crippen LogP contribution in [0, 0.1) is 5.41 Å². The van der Waals surface area contributed by atoms with Crippen LogP contribution in [0.3, 0.4) is 0 Å². The molecule has 1 unspecified atom stereocenters. The number of fused-ring (bicyclic) bond motifs is 3. The number of allylic oxidation sites excluding steroid dienone is 1. The Kier molecular flexibility index (Phi) is 4.22. The van der Waals surface area contributed by atoms with E-state index in [-0.39, 0.29) is 13.0 Å². The molecule has 0 aromatic heterocycles. The first-order valence-corrected chi connectivity index (χ1v) is 9.26. The molecule has 1 atom stereocenters. The Labute approximate surface area is 163 Å². The first kappa shape index (κ1) is 17.7. The third-order valence-corrected chi connectivity index (χ3v) is 5.58. The number of aliphatic carboxylic acids is 1. The van der Waals surface area contributed by atoms with Gasteiger partial charge in [0.2, 0.25) is 0 Å². The summed E-state index contributed by atoms with van der Waals surface area (Å²) in [5, 5.41) is 9.79. The standard InChI is InChI=1S/C19H16BrN3O4/c1-2-27-18(26)19(17(24)25)7-6-14-11(8-19)16-22-15-5-3-4-13(20)12(15)9-23(16)10-21-14/h3-7,10H,2,8-9H2,1H3,(H,24,25). The number of benzene rings is 1. The molecule has 8 heteroatoms. The maximum absolute atomic E-state index is 12.5. The maximum atomic E-state index is 12.5. The minimum Gasteiger partial charge on any atom is -0.480 e. The van der Waals surface area contributed by atoms with Gasteiger partial charge in [-0.15, -0.1) is 0 Å². The van der Waals surface area contributed by atoms with E-state index in [4.69, 9.17) is 9.73 Å². The Hall–Kier alpha value is -2.74. The summed E-state index contributed by atoms with van der Waals surface area (Å²) < 4.78 is 5.99. The van der Waals surface area contributed by atoms with E-state index in [1.165, 1.54) is 6.08 Å². The van der Waals surface area contributed by atoms with Gasteiger partial charge < -0.3 is 14.7 Å². The summed E-state index contributed by atoms with van der Waals surface area (Å²) in [4.78, 5) is 35.5. The fourth-order valence-electron chi connectivity index (χ4n) is 3.40. The molecule has 0 radical (unpaired) electrons. The van der Waals surface area contributed by atoms with Gasteiger partial charge >= 0.3 is 11.9 Å². The van der Waals surface area contributed by atoms with Crippen molar-refractivity contribution in [3.8, 4) is 0 Å². The van der Waals surface area contributed by atoms with Crippen molar-refractivity contribution in [3.05, 3.63) is 51.7 Å². The third kappa shape index (κ3) is 2.71.